The van der Waals surface area contributed by atoms with Crippen LogP contribution in [0.5, 0.6) is 0 Å². The van der Waals surface area contributed by atoms with Gasteiger partial charge in [0, 0.05) is 45.4 Å². The summed E-state index contributed by atoms with van der Waals surface area (Å²) >= 11 is 0. The SMILES string of the molecule is CCNC(=NCC(C(C)C)N1CCc2ccccc2C1)N1CCC(OCC)CC1. The highest BCUT2D eigenvalue weighted by molar-refractivity contribution is 5.80. The molecule has 1 fully saturated rings. The van der Waals surface area contributed by atoms with Gasteiger partial charge in [-0.05, 0) is 50.2 Å². The lowest BCUT2D eigenvalue weighted by Crippen LogP contribution is -2.48. The molecule has 0 amide bonds. The minimum atomic E-state index is 0.413. The van der Waals surface area contributed by atoms with Crippen molar-refractivity contribution < 1.29 is 4.74 Å². The third-order valence-electron chi connectivity index (χ3n) is 6.31. The van der Waals surface area contributed by atoms with E-state index in [1.165, 1.54) is 11.1 Å². The number of aliphatic imine (C=N–C) groups is 1. The molecule has 2 aliphatic rings. The molecule has 0 spiro atoms. The van der Waals surface area contributed by atoms with Gasteiger partial charge in [0.05, 0.1) is 12.6 Å². The van der Waals surface area contributed by atoms with Crippen LogP contribution in [-0.4, -0.2) is 67.2 Å². The van der Waals surface area contributed by atoms with Gasteiger partial charge in [-0.1, -0.05) is 38.1 Å². The standard InChI is InChI=1S/C24H40N4O/c1-5-25-24(27-15-12-22(13-16-27)29-6-2)26-17-23(19(3)4)28-14-11-20-9-7-8-10-21(20)18-28/h7-10,19,22-23H,5-6,11-18H2,1-4H3,(H,25,26). The van der Waals surface area contributed by atoms with Gasteiger partial charge in [-0.2, -0.15) is 0 Å². The van der Waals surface area contributed by atoms with Crippen molar-refractivity contribution in [3.8, 4) is 0 Å². The zero-order valence-electron chi connectivity index (χ0n) is 18.9. The van der Waals surface area contributed by atoms with Crippen LogP contribution in [0.4, 0.5) is 0 Å². The third kappa shape index (κ3) is 5.95. The zero-order chi connectivity index (χ0) is 20.6. The Bertz CT molecular complexity index is 652. The maximum absolute atomic E-state index is 5.81. The van der Waals surface area contributed by atoms with Gasteiger partial charge in [-0.3, -0.25) is 9.89 Å². The van der Waals surface area contributed by atoms with Crippen molar-refractivity contribution in [1.29, 1.82) is 0 Å². The van der Waals surface area contributed by atoms with Crippen molar-refractivity contribution >= 4 is 5.96 Å². The quantitative estimate of drug-likeness (QED) is 0.561. The van der Waals surface area contributed by atoms with Gasteiger partial charge < -0.3 is 15.0 Å². The van der Waals surface area contributed by atoms with Crippen LogP contribution in [0.3, 0.4) is 0 Å². The lowest BCUT2D eigenvalue weighted by atomic mass is 9.95. The summed E-state index contributed by atoms with van der Waals surface area (Å²) in [5, 5.41) is 3.53. The molecule has 0 radical (unpaired) electrons. The average molecular weight is 401 g/mol. The molecule has 0 saturated carbocycles. The molecule has 3 rings (SSSR count). The van der Waals surface area contributed by atoms with E-state index in [9.17, 15) is 0 Å². The molecule has 1 atom stereocenters. The van der Waals surface area contributed by atoms with Gasteiger partial charge in [0.15, 0.2) is 5.96 Å². The summed E-state index contributed by atoms with van der Waals surface area (Å²) < 4.78 is 5.81. The van der Waals surface area contributed by atoms with Gasteiger partial charge in [-0.25, -0.2) is 0 Å². The maximum atomic E-state index is 5.81. The van der Waals surface area contributed by atoms with E-state index in [-0.39, 0.29) is 0 Å². The largest absolute Gasteiger partial charge is 0.378 e. The van der Waals surface area contributed by atoms with E-state index in [0.29, 0.717) is 18.1 Å². The number of piperidine rings is 1. The Morgan fingerprint density at radius 2 is 1.86 bits per heavy atom. The molecule has 29 heavy (non-hydrogen) atoms. The minimum Gasteiger partial charge on any atom is -0.378 e. The van der Waals surface area contributed by atoms with Crippen LogP contribution in [0.1, 0.15) is 51.7 Å². The summed E-state index contributed by atoms with van der Waals surface area (Å²) in [6.45, 7) is 15.7. The van der Waals surface area contributed by atoms with E-state index in [1.807, 2.05) is 0 Å². The summed E-state index contributed by atoms with van der Waals surface area (Å²) in [5.41, 5.74) is 3.00. The lowest BCUT2D eigenvalue weighted by molar-refractivity contribution is 0.0263. The van der Waals surface area contributed by atoms with Crippen LogP contribution in [0.15, 0.2) is 29.3 Å². The molecule has 1 aromatic rings. The number of ether oxygens (including phenoxy) is 1. The second kappa shape index (κ2) is 11.0. The van der Waals surface area contributed by atoms with Gasteiger partial charge >= 0.3 is 0 Å². The number of hydrogen-bond acceptors (Lipinski definition) is 3. The van der Waals surface area contributed by atoms with Crippen LogP contribution < -0.4 is 5.32 Å². The Hall–Kier alpha value is -1.59. The van der Waals surface area contributed by atoms with Gasteiger partial charge in [-0.15, -0.1) is 0 Å². The van der Waals surface area contributed by atoms with Crippen molar-refractivity contribution in [2.24, 2.45) is 10.9 Å². The minimum absolute atomic E-state index is 0.413. The second-order valence-corrected chi connectivity index (χ2v) is 8.64. The highest BCUT2D eigenvalue weighted by Gasteiger charge is 2.27. The number of nitrogens with zero attached hydrogens (tertiary/aromatic N) is 3. The second-order valence-electron chi connectivity index (χ2n) is 8.64. The number of likely N-dealkylation sites (tertiary alicyclic amines) is 1. The first-order valence-corrected chi connectivity index (χ1v) is 11.6. The maximum Gasteiger partial charge on any atom is 0.193 e. The molecular weight excluding hydrogens is 360 g/mol. The van der Waals surface area contributed by atoms with Gasteiger partial charge in [0.1, 0.15) is 0 Å². The van der Waals surface area contributed by atoms with Crippen molar-refractivity contribution in [3.63, 3.8) is 0 Å². The number of fused-ring (bicyclic) bond motifs is 1. The fourth-order valence-corrected chi connectivity index (χ4v) is 4.62. The van der Waals surface area contributed by atoms with E-state index >= 15 is 0 Å². The van der Waals surface area contributed by atoms with E-state index in [1.54, 1.807) is 0 Å². The normalized spacial score (nSPS) is 20.0. The van der Waals surface area contributed by atoms with E-state index in [2.05, 4.69) is 67.1 Å². The number of benzene rings is 1. The fraction of sp³-hybridized carbons (Fsp3) is 0.708. The molecule has 2 heterocycles. The number of guanidine groups is 1. The molecule has 0 bridgehead atoms. The Kier molecular flexibility index (Phi) is 8.37. The van der Waals surface area contributed by atoms with Crippen molar-refractivity contribution in [3.05, 3.63) is 35.4 Å². The predicted octanol–water partition coefficient (Wildman–Crippen LogP) is 3.54. The molecule has 1 unspecified atom stereocenters. The van der Waals surface area contributed by atoms with Gasteiger partial charge in [0.2, 0.25) is 0 Å². The van der Waals surface area contributed by atoms with Crippen LogP contribution >= 0.6 is 0 Å². The Morgan fingerprint density at radius 1 is 1.14 bits per heavy atom. The van der Waals surface area contributed by atoms with Gasteiger partial charge in [0.25, 0.3) is 0 Å². The molecule has 5 nitrogen and oxygen atoms in total. The predicted molar refractivity (Wildman–Crippen MR) is 121 cm³/mol. The summed E-state index contributed by atoms with van der Waals surface area (Å²) in [4.78, 5) is 10.2. The number of rotatable bonds is 7. The summed E-state index contributed by atoms with van der Waals surface area (Å²) in [5.74, 6) is 1.65. The lowest BCUT2D eigenvalue weighted by Gasteiger charge is -2.38. The molecule has 162 valence electrons. The first-order valence-electron chi connectivity index (χ1n) is 11.6. The number of hydrogen-bond donors (Lipinski definition) is 1. The van der Waals surface area contributed by atoms with E-state index < -0.39 is 0 Å². The van der Waals surface area contributed by atoms with Crippen molar-refractivity contribution in [2.45, 2.75) is 65.6 Å². The van der Waals surface area contributed by atoms with E-state index in [0.717, 1.165) is 71.1 Å². The van der Waals surface area contributed by atoms with Crippen LogP contribution in [0.25, 0.3) is 0 Å². The monoisotopic (exact) mass is 400 g/mol. The van der Waals surface area contributed by atoms with Crippen molar-refractivity contribution in [2.75, 3.05) is 39.3 Å². The highest BCUT2D eigenvalue weighted by atomic mass is 16.5. The molecule has 0 aromatic heterocycles. The summed E-state index contributed by atoms with van der Waals surface area (Å²) in [6, 6.07) is 9.37. The van der Waals surface area contributed by atoms with Crippen molar-refractivity contribution in [1.82, 2.24) is 15.1 Å². The Labute approximate surface area is 177 Å². The molecule has 0 aliphatic carbocycles. The number of nitrogens with one attached hydrogen (secondary N) is 1. The Morgan fingerprint density at radius 3 is 2.52 bits per heavy atom. The smallest absolute Gasteiger partial charge is 0.193 e. The van der Waals surface area contributed by atoms with Crippen LogP contribution in [0.2, 0.25) is 0 Å². The molecular formula is C24H40N4O. The van der Waals surface area contributed by atoms with E-state index in [4.69, 9.17) is 9.73 Å². The highest BCUT2D eigenvalue weighted by Crippen LogP contribution is 2.23. The third-order valence-corrected chi connectivity index (χ3v) is 6.31. The molecule has 2 aliphatic heterocycles. The zero-order valence-corrected chi connectivity index (χ0v) is 18.9. The fourth-order valence-electron chi connectivity index (χ4n) is 4.62. The molecule has 1 N–H and O–H groups in total. The molecule has 1 saturated heterocycles. The molecule has 1 aromatic carbocycles. The molecule has 5 heteroatoms. The van der Waals surface area contributed by atoms with Crippen LogP contribution in [0, 0.1) is 5.92 Å². The topological polar surface area (TPSA) is 40.1 Å². The summed E-state index contributed by atoms with van der Waals surface area (Å²) in [7, 11) is 0. The first kappa shape index (κ1) is 22.1. The van der Waals surface area contributed by atoms with Crippen LogP contribution in [-0.2, 0) is 17.7 Å². The summed E-state index contributed by atoms with van der Waals surface area (Å²) in [6.07, 6.45) is 3.74. The Balaban J connectivity index is 1.64. The average Bonchev–Trinajstić information content (AvgIpc) is 2.73. The first-order chi connectivity index (χ1) is 14.1.